The van der Waals surface area contributed by atoms with Crippen molar-refractivity contribution < 1.29 is 0 Å². The lowest BCUT2D eigenvalue weighted by Crippen LogP contribution is -2.33. The zero-order valence-corrected chi connectivity index (χ0v) is 12.7. The molecule has 0 bridgehead atoms. The van der Waals surface area contributed by atoms with Crippen LogP contribution in [-0.4, -0.2) is 6.54 Å². The summed E-state index contributed by atoms with van der Waals surface area (Å²) in [5.74, 6) is 0. The Bertz CT molecular complexity index is 400. The van der Waals surface area contributed by atoms with Gasteiger partial charge in [0.15, 0.2) is 0 Å². The summed E-state index contributed by atoms with van der Waals surface area (Å²) in [6, 6.07) is 6.93. The Hall–Kier alpha value is -0.820. The summed E-state index contributed by atoms with van der Waals surface area (Å²) in [7, 11) is 0. The van der Waals surface area contributed by atoms with E-state index >= 15 is 0 Å². The summed E-state index contributed by atoms with van der Waals surface area (Å²) in [6.45, 7) is 5.25. The van der Waals surface area contributed by atoms with Gasteiger partial charge in [-0.25, -0.2) is 0 Å². The van der Waals surface area contributed by atoms with E-state index < -0.39 is 0 Å². The van der Waals surface area contributed by atoms with Crippen LogP contribution in [0.15, 0.2) is 18.2 Å². The van der Waals surface area contributed by atoms with E-state index in [1.165, 1.54) is 68.1 Å². The molecule has 106 valence electrons. The third-order valence-corrected chi connectivity index (χ3v) is 5.00. The summed E-state index contributed by atoms with van der Waals surface area (Å²) in [5, 5.41) is 0. The Morgan fingerprint density at radius 2 is 1.58 bits per heavy atom. The molecule has 1 nitrogen and oxygen atoms in total. The van der Waals surface area contributed by atoms with Gasteiger partial charge in [-0.15, -0.1) is 0 Å². The fourth-order valence-corrected chi connectivity index (χ4v) is 3.45. The number of aryl methyl sites for hydroxylation is 2. The maximum atomic E-state index is 6.17. The Kier molecular flexibility index (Phi) is 5.04. The lowest BCUT2D eigenvalue weighted by Gasteiger charge is -2.34. The van der Waals surface area contributed by atoms with Crippen LogP contribution in [0, 0.1) is 19.3 Å². The number of benzene rings is 1. The number of rotatable bonds is 3. The van der Waals surface area contributed by atoms with Crippen molar-refractivity contribution in [1.82, 2.24) is 0 Å². The van der Waals surface area contributed by atoms with Crippen LogP contribution in [0.25, 0.3) is 0 Å². The zero-order chi connectivity index (χ0) is 13.7. The molecule has 0 spiro atoms. The molecule has 1 heteroatoms. The van der Waals surface area contributed by atoms with Crippen LogP contribution >= 0.6 is 0 Å². The van der Waals surface area contributed by atoms with Crippen molar-refractivity contribution in [3.05, 3.63) is 34.9 Å². The van der Waals surface area contributed by atoms with Crippen molar-refractivity contribution >= 4 is 0 Å². The minimum absolute atomic E-state index is 0.363. The molecule has 0 radical (unpaired) electrons. The van der Waals surface area contributed by atoms with E-state index in [2.05, 4.69) is 32.0 Å². The third kappa shape index (κ3) is 3.82. The summed E-state index contributed by atoms with van der Waals surface area (Å²) in [6.07, 6.45) is 10.7. The summed E-state index contributed by atoms with van der Waals surface area (Å²) < 4.78 is 0. The van der Waals surface area contributed by atoms with Gasteiger partial charge in [-0.3, -0.25) is 0 Å². The van der Waals surface area contributed by atoms with Crippen molar-refractivity contribution in [3.63, 3.8) is 0 Å². The summed E-state index contributed by atoms with van der Waals surface area (Å²) in [5.41, 5.74) is 10.8. The fourth-order valence-electron chi connectivity index (χ4n) is 3.45. The Labute approximate surface area is 118 Å². The predicted octanol–water partition coefficient (Wildman–Crippen LogP) is 4.54. The Morgan fingerprint density at radius 3 is 2.16 bits per heavy atom. The van der Waals surface area contributed by atoms with Crippen molar-refractivity contribution in [1.29, 1.82) is 0 Å². The van der Waals surface area contributed by atoms with Gasteiger partial charge in [0.1, 0.15) is 0 Å². The largest absolute Gasteiger partial charge is 0.330 e. The minimum atomic E-state index is 0.363. The lowest BCUT2D eigenvalue weighted by atomic mass is 9.72. The van der Waals surface area contributed by atoms with Crippen LogP contribution in [0.5, 0.6) is 0 Å². The van der Waals surface area contributed by atoms with E-state index in [1.807, 2.05) is 0 Å². The van der Waals surface area contributed by atoms with Gasteiger partial charge in [0.05, 0.1) is 0 Å². The van der Waals surface area contributed by atoms with Gasteiger partial charge >= 0.3 is 0 Å². The highest BCUT2D eigenvalue weighted by atomic mass is 14.6. The summed E-state index contributed by atoms with van der Waals surface area (Å²) in [4.78, 5) is 0. The average Bonchev–Trinajstić information content (AvgIpc) is 2.37. The average molecular weight is 259 g/mol. The van der Waals surface area contributed by atoms with E-state index in [1.54, 1.807) is 0 Å². The lowest BCUT2D eigenvalue weighted by molar-refractivity contribution is 0.217. The highest BCUT2D eigenvalue weighted by Crippen LogP contribution is 2.36. The van der Waals surface area contributed by atoms with Gasteiger partial charge in [-0.2, -0.15) is 0 Å². The first kappa shape index (κ1) is 14.6. The third-order valence-electron chi connectivity index (χ3n) is 5.00. The molecule has 0 atom stereocenters. The monoisotopic (exact) mass is 259 g/mol. The Morgan fingerprint density at radius 1 is 0.947 bits per heavy atom. The second-order valence-electron chi connectivity index (χ2n) is 6.57. The molecule has 0 amide bonds. The van der Waals surface area contributed by atoms with Gasteiger partial charge in [0, 0.05) is 0 Å². The SMILES string of the molecule is Cc1ccc(CC2(CN)CCCCCCC2)cc1C. The number of hydrogen-bond donors (Lipinski definition) is 1. The normalized spacial score (nSPS) is 19.7. The van der Waals surface area contributed by atoms with Gasteiger partial charge in [-0.05, 0) is 61.8 Å². The molecule has 2 N–H and O–H groups in total. The maximum Gasteiger partial charge on any atom is -0.00173 e. The molecule has 1 aliphatic rings. The van der Waals surface area contributed by atoms with E-state index in [4.69, 9.17) is 5.73 Å². The first-order valence-electron chi connectivity index (χ1n) is 7.91. The summed E-state index contributed by atoms with van der Waals surface area (Å²) >= 11 is 0. The van der Waals surface area contributed by atoms with Gasteiger partial charge in [0.25, 0.3) is 0 Å². The van der Waals surface area contributed by atoms with Gasteiger partial charge in [-0.1, -0.05) is 50.3 Å². The van der Waals surface area contributed by atoms with Crippen LogP contribution in [0.2, 0.25) is 0 Å². The van der Waals surface area contributed by atoms with Crippen molar-refractivity contribution in [3.8, 4) is 0 Å². The highest BCUT2D eigenvalue weighted by molar-refractivity contribution is 5.30. The first-order valence-corrected chi connectivity index (χ1v) is 7.91. The fraction of sp³-hybridized carbons (Fsp3) is 0.667. The molecule has 2 rings (SSSR count). The minimum Gasteiger partial charge on any atom is -0.330 e. The molecule has 0 heterocycles. The maximum absolute atomic E-state index is 6.17. The van der Waals surface area contributed by atoms with Crippen LogP contribution < -0.4 is 5.73 Å². The van der Waals surface area contributed by atoms with Crippen molar-refractivity contribution in [2.45, 2.75) is 65.2 Å². The molecule has 1 aromatic carbocycles. The van der Waals surface area contributed by atoms with E-state index in [9.17, 15) is 0 Å². The van der Waals surface area contributed by atoms with E-state index in [0.717, 1.165) is 6.54 Å². The second-order valence-corrected chi connectivity index (χ2v) is 6.57. The first-order chi connectivity index (χ1) is 9.15. The molecule has 0 aromatic heterocycles. The van der Waals surface area contributed by atoms with Crippen LogP contribution in [0.4, 0.5) is 0 Å². The van der Waals surface area contributed by atoms with Crippen LogP contribution in [-0.2, 0) is 6.42 Å². The molecule has 0 aliphatic heterocycles. The standard InChI is InChI=1S/C18H29N/c1-15-8-9-17(12-16(15)2)13-18(14-19)10-6-4-3-5-7-11-18/h8-9,12H,3-7,10-11,13-14,19H2,1-2H3. The van der Waals surface area contributed by atoms with E-state index in [-0.39, 0.29) is 0 Å². The molecule has 1 fully saturated rings. The van der Waals surface area contributed by atoms with E-state index in [0.29, 0.717) is 5.41 Å². The van der Waals surface area contributed by atoms with Crippen LogP contribution in [0.3, 0.4) is 0 Å². The predicted molar refractivity (Wildman–Crippen MR) is 83.4 cm³/mol. The number of hydrogen-bond acceptors (Lipinski definition) is 1. The van der Waals surface area contributed by atoms with Gasteiger partial charge in [0.2, 0.25) is 0 Å². The topological polar surface area (TPSA) is 26.0 Å². The smallest absolute Gasteiger partial charge is 0.00173 e. The zero-order valence-electron chi connectivity index (χ0n) is 12.7. The highest BCUT2D eigenvalue weighted by Gasteiger charge is 2.29. The molecule has 0 saturated heterocycles. The molecule has 1 aromatic rings. The number of nitrogens with two attached hydrogens (primary N) is 1. The van der Waals surface area contributed by atoms with Crippen LogP contribution in [0.1, 0.15) is 61.6 Å². The molecule has 1 aliphatic carbocycles. The van der Waals surface area contributed by atoms with Crippen molar-refractivity contribution in [2.24, 2.45) is 11.1 Å². The Balaban J connectivity index is 2.13. The molecular weight excluding hydrogens is 230 g/mol. The quantitative estimate of drug-likeness (QED) is 0.847. The second kappa shape index (κ2) is 6.56. The molecule has 19 heavy (non-hydrogen) atoms. The molecule has 0 unspecified atom stereocenters. The van der Waals surface area contributed by atoms with Gasteiger partial charge < -0.3 is 5.73 Å². The molecular formula is C18H29N. The van der Waals surface area contributed by atoms with Crippen molar-refractivity contribution in [2.75, 3.05) is 6.54 Å². The molecule has 1 saturated carbocycles.